The molecule has 0 spiro atoms. The lowest BCUT2D eigenvalue weighted by Crippen LogP contribution is -1.75. The third-order valence-corrected chi connectivity index (χ3v) is 6.49. The lowest BCUT2D eigenvalue weighted by molar-refractivity contribution is 0.665. The summed E-state index contributed by atoms with van der Waals surface area (Å²) in [4.78, 5) is 0. The smallest absolute Gasteiger partial charge is 0.0351 e. The zero-order valence-electron chi connectivity index (χ0n) is 26.3. The Balaban J connectivity index is -0.000000472. The van der Waals surface area contributed by atoms with Gasteiger partial charge in [0.2, 0.25) is 0 Å². The largest absolute Gasteiger partial charge is 0.103 e. The van der Waals surface area contributed by atoms with Crippen molar-refractivity contribution in [2.24, 2.45) is 0 Å². The van der Waals surface area contributed by atoms with E-state index in [-0.39, 0.29) is 0 Å². The highest BCUT2D eigenvalue weighted by atomic mass is 13.9. The summed E-state index contributed by atoms with van der Waals surface area (Å²) in [7, 11) is 0. The van der Waals surface area contributed by atoms with Crippen molar-refractivity contribution in [2.75, 3.05) is 0 Å². The Morgan fingerprint density at radius 3 is 0.722 bits per heavy atom. The van der Waals surface area contributed by atoms with Crippen LogP contribution in [0.15, 0.2) is 37.0 Å². The molecule has 216 valence electrons. The van der Waals surface area contributed by atoms with Gasteiger partial charge < -0.3 is 0 Å². The van der Waals surface area contributed by atoms with E-state index in [4.69, 9.17) is 0 Å². The molecule has 0 N–H and O–H groups in total. The number of hydrogen-bond acceptors (Lipinski definition) is 0. The van der Waals surface area contributed by atoms with Crippen LogP contribution in [0.1, 0.15) is 195 Å². The SMILES string of the molecule is C=CCCCCCC.CCCCCC/C=C/CCCCCC.CCCCCC/C=C\CCCCCC. The highest BCUT2D eigenvalue weighted by molar-refractivity contribution is 4.81. The van der Waals surface area contributed by atoms with Gasteiger partial charge in [0, 0.05) is 0 Å². The third kappa shape index (κ3) is 50.2. The molecular formula is C36H72. The van der Waals surface area contributed by atoms with Crippen LogP contribution in [0.25, 0.3) is 0 Å². The van der Waals surface area contributed by atoms with Crippen LogP contribution in [-0.2, 0) is 0 Å². The second-order valence-corrected chi connectivity index (χ2v) is 10.5. The van der Waals surface area contributed by atoms with Gasteiger partial charge in [0.05, 0.1) is 0 Å². The van der Waals surface area contributed by atoms with Crippen molar-refractivity contribution in [1.29, 1.82) is 0 Å². The van der Waals surface area contributed by atoms with E-state index in [1.165, 1.54) is 161 Å². The molecule has 0 amide bonds. The minimum Gasteiger partial charge on any atom is -0.103 e. The predicted octanol–water partition coefficient (Wildman–Crippen LogP) is 14.1. The number of hydrogen-bond donors (Lipinski definition) is 0. The quantitative estimate of drug-likeness (QED) is 0.0856. The van der Waals surface area contributed by atoms with Crippen LogP contribution >= 0.6 is 0 Å². The van der Waals surface area contributed by atoms with Crippen molar-refractivity contribution in [3.63, 3.8) is 0 Å². The first-order valence-electron chi connectivity index (χ1n) is 16.7. The van der Waals surface area contributed by atoms with Gasteiger partial charge in [-0.2, -0.15) is 0 Å². The van der Waals surface area contributed by atoms with E-state index >= 15 is 0 Å². The third-order valence-electron chi connectivity index (χ3n) is 6.49. The minimum atomic E-state index is 1.19. The molecular weight excluding hydrogens is 432 g/mol. The maximum atomic E-state index is 3.66. The van der Waals surface area contributed by atoms with Crippen molar-refractivity contribution in [1.82, 2.24) is 0 Å². The zero-order valence-corrected chi connectivity index (χ0v) is 26.3. The van der Waals surface area contributed by atoms with E-state index in [1.807, 2.05) is 6.08 Å². The van der Waals surface area contributed by atoms with Gasteiger partial charge >= 0.3 is 0 Å². The van der Waals surface area contributed by atoms with Crippen molar-refractivity contribution in [3.05, 3.63) is 37.0 Å². The molecule has 0 aliphatic heterocycles. The van der Waals surface area contributed by atoms with Crippen molar-refractivity contribution >= 4 is 0 Å². The number of rotatable bonds is 25. The topological polar surface area (TPSA) is 0 Å². The molecule has 0 saturated heterocycles. The minimum absolute atomic E-state index is 1.19. The van der Waals surface area contributed by atoms with E-state index in [2.05, 4.69) is 65.5 Å². The fourth-order valence-corrected chi connectivity index (χ4v) is 3.94. The van der Waals surface area contributed by atoms with Crippen LogP contribution in [-0.4, -0.2) is 0 Å². The monoisotopic (exact) mass is 505 g/mol. The van der Waals surface area contributed by atoms with Crippen LogP contribution in [0.5, 0.6) is 0 Å². The normalized spacial score (nSPS) is 10.8. The van der Waals surface area contributed by atoms with E-state index in [9.17, 15) is 0 Å². The molecule has 36 heavy (non-hydrogen) atoms. The van der Waals surface area contributed by atoms with Gasteiger partial charge in [-0.25, -0.2) is 0 Å². The molecule has 0 aromatic carbocycles. The summed E-state index contributed by atoms with van der Waals surface area (Å²) in [5.41, 5.74) is 0. The molecule has 0 nitrogen and oxygen atoms in total. The Morgan fingerprint density at radius 2 is 0.528 bits per heavy atom. The van der Waals surface area contributed by atoms with Crippen molar-refractivity contribution in [2.45, 2.75) is 195 Å². The van der Waals surface area contributed by atoms with E-state index in [0.29, 0.717) is 0 Å². The van der Waals surface area contributed by atoms with Crippen LogP contribution < -0.4 is 0 Å². The highest BCUT2D eigenvalue weighted by Gasteiger charge is 1.87. The first-order valence-corrected chi connectivity index (χ1v) is 16.7. The highest BCUT2D eigenvalue weighted by Crippen LogP contribution is 2.07. The van der Waals surface area contributed by atoms with E-state index in [0.717, 1.165) is 0 Å². The Labute approximate surface area is 231 Å². The van der Waals surface area contributed by atoms with Gasteiger partial charge in [0.1, 0.15) is 0 Å². The number of unbranched alkanes of at least 4 members (excludes halogenated alkanes) is 20. The molecule has 0 rings (SSSR count). The lowest BCUT2D eigenvalue weighted by atomic mass is 10.1. The Hall–Kier alpha value is -0.780. The predicted molar refractivity (Wildman–Crippen MR) is 172 cm³/mol. The molecule has 0 fully saturated rings. The molecule has 0 heterocycles. The van der Waals surface area contributed by atoms with Crippen LogP contribution in [0.4, 0.5) is 0 Å². The first-order chi connectivity index (χ1) is 17.7. The Kier molecular flexibility index (Phi) is 48.8. The lowest BCUT2D eigenvalue weighted by Gasteiger charge is -1.95. The molecule has 0 radical (unpaired) electrons. The maximum Gasteiger partial charge on any atom is -0.0351 e. The van der Waals surface area contributed by atoms with Crippen LogP contribution in [0.2, 0.25) is 0 Å². The Bertz CT molecular complexity index is 331. The molecule has 0 saturated carbocycles. The summed E-state index contributed by atoms with van der Waals surface area (Å²) in [5, 5.41) is 0. The molecule has 0 aromatic heterocycles. The summed E-state index contributed by atoms with van der Waals surface area (Å²) in [6, 6.07) is 0. The summed E-state index contributed by atoms with van der Waals surface area (Å²) >= 11 is 0. The summed E-state index contributed by atoms with van der Waals surface area (Å²) < 4.78 is 0. The summed E-state index contributed by atoms with van der Waals surface area (Å²) in [6.07, 6.45) is 45.5. The fourth-order valence-electron chi connectivity index (χ4n) is 3.94. The van der Waals surface area contributed by atoms with Crippen molar-refractivity contribution < 1.29 is 0 Å². The van der Waals surface area contributed by atoms with E-state index < -0.39 is 0 Å². The molecule has 0 unspecified atom stereocenters. The molecule has 0 aliphatic rings. The van der Waals surface area contributed by atoms with Gasteiger partial charge in [0.15, 0.2) is 0 Å². The average Bonchev–Trinajstić information content (AvgIpc) is 2.90. The van der Waals surface area contributed by atoms with Crippen LogP contribution in [0.3, 0.4) is 0 Å². The van der Waals surface area contributed by atoms with Crippen molar-refractivity contribution in [3.8, 4) is 0 Å². The average molecular weight is 505 g/mol. The van der Waals surface area contributed by atoms with Gasteiger partial charge in [-0.15, -0.1) is 6.58 Å². The Morgan fingerprint density at radius 1 is 0.306 bits per heavy atom. The molecule has 0 heteroatoms. The van der Waals surface area contributed by atoms with Gasteiger partial charge in [-0.3, -0.25) is 0 Å². The second kappa shape index (κ2) is 44.2. The second-order valence-electron chi connectivity index (χ2n) is 10.5. The molecule has 0 atom stereocenters. The number of allylic oxidation sites excluding steroid dienone is 5. The first kappa shape index (κ1) is 39.7. The molecule has 0 aliphatic carbocycles. The maximum absolute atomic E-state index is 3.66. The standard InChI is InChI=1S/2C14H28.C8H16/c2*1-3-5-7-9-11-13-14-12-10-8-6-4-2;1-3-5-7-8-6-4-2/h2*13-14H,3-12H2,1-2H3;3H,1,4-8H2,2H3/b14-13+;14-13-;. The van der Waals surface area contributed by atoms with Gasteiger partial charge in [-0.05, 0) is 64.2 Å². The van der Waals surface area contributed by atoms with E-state index in [1.54, 1.807) is 0 Å². The summed E-state index contributed by atoms with van der Waals surface area (Å²) in [6.45, 7) is 15.0. The zero-order chi connectivity index (χ0) is 27.2. The van der Waals surface area contributed by atoms with Crippen LogP contribution in [0, 0.1) is 0 Å². The molecule has 0 bridgehead atoms. The summed E-state index contributed by atoms with van der Waals surface area (Å²) in [5.74, 6) is 0. The fraction of sp³-hybridized carbons (Fsp3) is 0.833. The van der Waals surface area contributed by atoms with Gasteiger partial charge in [0.25, 0.3) is 0 Å². The molecule has 0 aromatic rings. The van der Waals surface area contributed by atoms with Gasteiger partial charge in [-0.1, -0.05) is 161 Å².